The molecule has 4 fully saturated rings. The van der Waals surface area contributed by atoms with E-state index in [-0.39, 0.29) is 11.1 Å². The van der Waals surface area contributed by atoms with Crippen molar-refractivity contribution in [2.45, 2.75) is 57.3 Å². The lowest BCUT2D eigenvalue weighted by Gasteiger charge is -2.56. The van der Waals surface area contributed by atoms with Crippen LogP contribution in [-0.2, 0) is 5.41 Å². The van der Waals surface area contributed by atoms with Crippen molar-refractivity contribution in [2.24, 2.45) is 17.8 Å². The number of fused-ring (bicyclic) bond motifs is 1. The van der Waals surface area contributed by atoms with Crippen LogP contribution in [0.1, 0.15) is 62.0 Å². The Morgan fingerprint density at radius 3 is 2.26 bits per heavy atom. The van der Waals surface area contributed by atoms with Crippen LogP contribution in [0.2, 0.25) is 0 Å². The third-order valence-electron chi connectivity index (χ3n) is 6.38. The Kier molecular flexibility index (Phi) is 2.73. The van der Waals surface area contributed by atoms with Gasteiger partial charge in [-0.05, 0) is 69.3 Å². The monoisotopic (exact) mass is 317 g/mol. The number of hydrogen-bond acceptors (Lipinski definition) is 2. The molecule has 0 saturated heterocycles. The lowest BCUT2D eigenvalue weighted by molar-refractivity contribution is -0.00733. The van der Waals surface area contributed by atoms with Gasteiger partial charge in [0.05, 0.1) is 11.4 Å². The van der Waals surface area contributed by atoms with E-state index in [1.165, 1.54) is 23.8 Å². The normalized spacial score (nSPS) is 35.6. The summed E-state index contributed by atoms with van der Waals surface area (Å²) in [7, 11) is 0. The van der Waals surface area contributed by atoms with Crippen molar-refractivity contribution < 1.29 is 8.78 Å². The minimum Gasteiger partial charge on any atom is -0.233 e. The molecule has 0 spiro atoms. The van der Waals surface area contributed by atoms with Crippen LogP contribution >= 0.6 is 0 Å². The number of nitrogens with zero attached hydrogens (tertiary/aromatic N) is 3. The molecule has 0 radical (unpaired) electrons. The molecule has 23 heavy (non-hydrogen) atoms. The summed E-state index contributed by atoms with van der Waals surface area (Å²) in [6.45, 7) is 1.83. The summed E-state index contributed by atoms with van der Waals surface area (Å²) >= 11 is 0. The van der Waals surface area contributed by atoms with Gasteiger partial charge >= 0.3 is 0 Å². The molecular formula is C18H21F2N3. The zero-order valence-corrected chi connectivity index (χ0v) is 13.3. The molecule has 0 atom stereocenters. The summed E-state index contributed by atoms with van der Waals surface area (Å²) in [6.07, 6.45) is 4.92. The average Bonchev–Trinajstić information content (AvgIpc) is 2.84. The van der Waals surface area contributed by atoms with E-state index in [2.05, 4.69) is 5.10 Å². The third kappa shape index (κ3) is 1.98. The van der Waals surface area contributed by atoms with E-state index in [1.54, 1.807) is 6.07 Å². The molecule has 6 rings (SSSR count). The Hall–Kier alpha value is -1.52. The van der Waals surface area contributed by atoms with E-state index >= 15 is 0 Å². The molecule has 0 amide bonds. The minimum absolute atomic E-state index is 0.00570. The first-order chi connectivity index (χ1) is 11.0. The molecule has 5 heteroatoms. The molecule has 0 aliphatic heterocycles. The highest BCUT2D eigenvalue weighted by Crippen LogP contribution is 2.60. The predicted molar refractivity (Wildman–Crippen MR) is 82.5 cm³/mol. The van der Waals surface area contributed by atoms with E-state index in [0.29, 0.717) is 5.65 Å². The number of aromatic nitrogens is 3. The van der Waals surface area contributed by atoms with E-state index < -0.39 is 6.43 Å². The van der Waals surface area contributed by atoms with Gasteiger partial charge in [-0.1, -0.05) is 0 Å². The van der Waals surface area contributed by atoms with Gasteiger partial charge in [0, 0.05) is 11.5 Å². The summed E-state index contributed by atoms with van der Waals surface area (Å²) in [5, 5.41) is 4.20. The Morgan fingerprint density at radius 1 is 1.09 bits per heavy atom. The fraction of sp³-hybridized carbons (Fsp3) is 0.667. The zero-order valence-electron chi connectivity index (χ0n) is 13.3. The lowest BCUT2D eigenvalue weighted by Crippen LogP contribution is -2.49. The molecule has 3 nitrogen and oxygen atoms in total. The molecule has 0 N–H and O–H groups in total. The van der Waals surface area contributed by atoms with Crippen molar-refractivity contribution in [2.75, 3.05) is 0 Å². The number of rotatable bonds is 2. The fourth-order valence-electron chi connectivity index (χ4n) is 5.96. The van der Waals surface area contributed by atoms with Crippen molar-refractivity contribution in [1.29, 1.82) is 0 Å². The molecular weight excluding hydrogens is 296 g/mol. The lowest BCUT2D eigenvalue weighted by atomic mass is 9.49. The Labute approximate surface area is 134 Å². The third-order valence-corrected chi connectivity index (χ3v) is 6.38. The first kappa shape index (κ1) is 13.9. The maximum atomic E-state index is 13.6. The maximum absolute atomic E-state index is 13.6. The first-order valence-electron chi connectivity index (χ1n) is 8.68. The minimum atomic E-state index is -2.52. The molecule has 4 saturated carbocycles. The van der Waals surface area contributed by atoms with Crippen molar-refractivity contribution in [3.05, 3.63) is 29.2 Å². The Balaban J connectivity index is 1.68. The first-order valence-corrected chi connectivity index (χ1v) is 8.68. The second-order valence-corrected chi connectivity index (χ2v) is 8.12. The smallest absolute Gasteiger partial charge is 0.233 e. The molecule has 0 unspecified atom stereocenters. The summed E-state index contributed by atoms with van der Waals surface area (Å²) < 4.78 is 28.5. The van der Waals surface area contributed by atoms with Crippen molar-refractivity contribution in [3.8, 4) is 0 Å². The molecule has 122 valence electrons. The van der Waals surface area contributed by atoms with Crippen LogP contribution in [0.5, 0.6) is 0 Å². The summed E-state index contributed by atoms with van der Waals surface area (Å²) in [4.78, 5) is 4.80. The molecule has 4 aliphatic carbocycles. The summed E-state index contributed by atoms with van der Waals surface area (Å²) in [5.41, 5.74) is 2.25. The average molecular weight is 317 g/mol. The van der Waals surface area contributed by atoms with Gasteiger partial charge in [-0.25, -0.2) is 18.3 Å². The highest BCUT2D eigenvalue weighted by Gasteiger charge is 2.52. The largest absolute Gasteiger partial charge is 0.280 e. The van der Waals surface area contributed by atoms with Crippen LogP contribution in [0, 0.1) is 24.7 Å². The fourth-order valence-corrected chi connectivity index (χ4v) is 5.96. The van der Waals surface area contributed by atoms with Crippen LogP contribution in [0.25, 0.3) is 5.65 Å². The number of alkyl halides is 2. The molecule has 4 aliphatic rings. The van der Waals surface area contributed by atoms with Gasteiger partial charge in [0.1, 0.15) is 5.69 Å². The highest BCUT2D eigenvalue weighted by molar-refractivity contribution is 5.43. The van der Waals surface area contributed by atoms with Crippen LogP contribution in [0.4, 0.5) is 8.78 Å². The zero-order chi connectivity index (χ0) is 15.8. The summed E-state index contributed by atoms with van der Waals surface area (Å²) in [5.74, 6) is 2.34. The molecule has 2 aromatic rings. The van der Waals surface area contributed by atoms with Gasteiger partial charge in [0.2, 0.25) is 0 Å². The van der Waals surface area contributed by atoms with Gasteiger partial charge in [-0.3, -0.25) is 0 Å². The van der Waals surface area contributed by atoms with Gasteiger partial charge < -0.3 is 0 Å². The Morgan fingerprint density at radius 2 is 1.70 bits per heavy atom. The number of hydrogen-bond donors (Lipinski definition) is 0. The molecule has 0 aromatic carbocycles. The van der Waals surface area contributed by atoms with E-state index in [9.17, 15) is 8.78 Å². The van der Waals surface area contributed by atoms with Gasteiger partial charge in [0.25, 0.3) is 6.43 Å². The Bertz CT molecular complexity index is 745. The standard InChI is InChI=1S/C18H21F2N3/c1-10-2-16-21-15(6-14(17(19)20)23(16)22-10)18-7-11-3-12(8-18)5-13(4-11)9-18/h2,6,11-13,17H,3-5,7-9H2,1H3. The van der Waals surface area contributed by atoms with Crippen LogP contribution in [-0.4, -0.2) is 14.6 Å². The SMILES string of the molecule is Cc1cc2nc(C34CC5CC(CC(C5)C3)C4)cc(C(F)F)n2n1. The predicted octanol–water partition coefficient (Wildman–Crippen LogP) is 4.44. The number of aryl methyl sites for hydroxylation is 1. The van der Waals surface area contributed by atoms with E-state index in [1.807, 2.05) is 13.0 Å². The van der Waals surface area contributed by atoms with Crippen molar-refractivity contribution in [3.63, 3.8) is 0 Å². The molecule has 2 heterocycles. The second kappa shape index (κ2) is 4.52. The quantitative estimate of drug-likeness (QED) is 0.819. The van der Waals surface area contributed by atoms with Gasteiger partial charge in [-0.2, -0.15) is 5.10 Å². The van der Waals surface area contributed by atoms with Crippen LogP contribution < -0.4 is 0 Å². The van der Waals surface area contributed by atoms with Crippen molar-refractivity contribution >= 4 is 5.65 Å². The van der Waals surface area contributed by atoms with Gasteiger partial charge in [-0.15, -0.1) is 0 Å². The van der Waals surface area contributed by atoms with Crippen LogP contribution in [0.15, 0.2) is 12.1 Å². The second-order valence-electron chi connectivity index (χ2n) is 8.12. The van der Waals surface area contributed by atoms with E-state index in [0.717, 1.165) is 48.4 Å². The topological polar surface area (TPSA) is 30.2 Å². The highest BCUT2D eigenvalue weighted by atomic mass is 19.3. The number of halogens is 2. The molecule has 2 aromatic heterocycles. The van der Waals surface area contributed by atoms with Gasteiger partial charge in [0.15, 0.2) is 5.65 Å². The molecule has 4 bridgehead atoms. The van der Waals surface area contributed by atoms with Crippen molar-refractivity contribution in [1.82, 2.24) is 14.6 Å². The summed E-state index contributed by atoms with van der Waals surface area (Å²) in [6, 6.07) is 3.47. The maximum Gasteiger partial charge on any atom is 0.280 e. The van der Waals surface area contributed by atoms with E-state index in [4.69, 9.17) is 4.98 Å². The van der Waals surface area contributed by atoms with Crippen LogP contribution in [0.3, 0.4) is 0 Å².